The number of fused-ring (bicyclic) bond motifs is 2. The molecular formula is C24H24F3N5O2. The molecule has 0 amide bonds. The van der Waals surface area contributed by atoms with Gasteiger partial charge in [-0.25, -0.2) is 4.98 Å². The van der Waals surface area contributed by atoms with Crippen LogP contribution in [0.2, 0.25) is 0 Å². The monoisotopic (exact) mass is 471 g/mol. The molecule has 1 N–H and O–H groups in total. The number of aromatic nitrogens is 4. The lowest BCUT2D eigenvalue weighted by molar-refractivity contribution is -0.184. The molecule has 0 radical (unpaired) electrons. The first-order valence-corrected chi connectivity index (χ1v) is 11.1. The Labute approximate surface area is 193 Å². The largest absolute Gasteiger partial charge is 0.489 e. The van der Waals surface area contributed by atoms with Crippen LogP contribution in [0.15, 0.2) is 48.7 Å². The fraction of sp³-hybridized carbons (Fsp3) is 0.375. The molecule has 1 fully saturated rings. The van der Waals surface area contributed by atoms with Gasteiger partial charge in [-0.2, -0.15) is 13.2 Å². The van der Waals surface area contributed by atoms with Crippen LogP contribution in [0.1, 0.15) is 31.9 Å². The highest BCUT2D eigenvalue weighted by molar-refractivity contribution is 5.86. The minimum Gasteiger partial charge on any atom is -0.489 e. The zero-order valence-corrected chi connectivity index (χ0v) is 18.7. The van der Waals surface area contributed by atoms with Crippen molar-refractivity contribution in [2.24, 2.45) is 0 Å². The summed E-state index contributed by atoms with van der Waals surface area (Å²) in [5.41, 5.74) is 1.58. The van der Waals surface area contributed by atoms with Crippen molar-refractivity contribution in [3.05, 3.63) is 54.2 Å². The molecule has 3 aromatic heterocycles. The van der Waals surface area contributed by atoms with Crippen LogP contribution < -0.4 is 4.74 Å². The molecule has 1 saturated heterocycles. The van der Waals surface area contributed by atoms with Crippen LogP contribution in [0.5, 0.6) is 5.75 Å². The van der Waals surface area contributed by atoms with Crippen LogP contribution in [0, 0.1) is 0 Å². The first-order chi connectivity index (χ1) is 16.2. The number of likely N-dealkylation sites (tertiary alicyclic amines) is 1. The van der Waals surface area contributed by atoms with E-state index in [4.69, 9.17) is 9.72 Å². The fourth-order valence-electron chi connectivity index (χ4n) is 4.45. The predicted molar refractivity (Wildman–Crippen MR) is 120 cm³/mol. The zero-order valence-electron chi connectivity index (χ0n) is 18.7. The van der Waals surface area contributed by atoms with E-state index < -0.39 is 18.3 Å². The Morgan fingerprint density at radius 2 is 1.91 bits per heavy atom. The Kier molecular flexibility index (Phi) is 5.65. The molecule has 0 bridgehead atoms. The number of rotatable bonds is 5. The number of hydrogen-bond acceptors (Lipinski definition) is 6. The Bertz CT molecular complexity index is 1340. The summed E-state index contributed by atoms with van der Waals surface area (Å²) in [6, 6.07) is 10.4. The smallest absolute Gasteiger partial charge is 0.408 e. The van der Waals surface area contributed by atoms with Gasteiger partial charge in [0.1, 0.15) is 23.0 Å². The van der Waals surface area contributed by atoms with E-state index in [1.807, 2.05) is 38.1 Å². The summed E-state index contributed by atoms with van der Waals surface area (Å²) in [7, 11) is 0. The molecule has 1 aliphatic rings. The van der Waals surface area contributed by atoms with E-state index in [2.05, 4.69) is 10.2 Å². The molecule has 5 rings (SSSR count). The lowest BCUT2D eigenvalue weighted by Gasteiger charge is -2.29. The summed E-state index contributed by atoms with van der Waals surface area (Å²) >= 11 is 0. The SMILES string of the molecule is CC(C)Oc1cccc2ccc(-c3nnc4ccc([C@H](N5CC[C@@H](O)C5)C(F)(F)F)cn34)nc12. The fourth-order valence-corrected chi connectivity index (χ4v) is 4.45. The maximum atomic E-state index is 14.1. The molecule has 0 spiro atoms. The molecule has 1 aliphatic heterocycles. The van der Waals surface area contributed by atoms with Crippen LogP contribution in [-0.4, -0.2) is 61.1 Å². The molecule has 4 heterocycles. The Morgan fingerprint density at radius 1 is 1.09 bits per heavy atom. The van der Waals surface area contributed by atoms with Gasteiger partial charge in [-0.15, -0.1) is 10.2 Å². The van der Waals surface area contributed by atoms with Crippen LogP contribution in [-0.2, 0) is 0 Å². The van der Waals surface area contributed by atoms with Gasteiger partial charge in [0.15, 0.2) is 11.5 Å². The van der Waals surface area contributed by atoms with Crippen LogP contribution in [0.3, 0.4) is 0 Å². The second kappa shape index (κ2) is 8.52. The summed E-state index contributed by atoms with van der Waals surface area (Å²) < 4.78 is 49.6. The number of para-hydroxylation sites is 1. The maximum Gasteiger partial charge on any atom is 0.408 e. The Balaban J connectivity index is 1.60. The summed E-state index contributed by atoms with van der Waals surface area (Å²) in [5.74, 6) is 0.953. The van der Waals surface area contributed by atoms with Gasteiger partial charge >= 0.3 is 6.18 Å². The van der Waals surface area contributed by atoms with Gasteiger partial charge in [0.2, 0.25) is 0 Å². The molecule has 0 aliphatic carbocycles. The van der Waals surface area contributed by atoms with Gasteiger partial charge in [0.25, 0.3) is 0 Å². The second-order valence-electron chi connectivity index (χ2n) is 8.79. The maximum absolute atomic E-state index is 14.1. The number of nitrogens with zero attached hydrogens (tertiary/aromatic N) is 5. The van der Waals surface area contributed by atoms with Crippen molar-refractivity contribution < 1.29 is 23.0 Å². The number of ether oxygens (including phenoxy) is 1. The minimum absolute atomic E-state index is 0.0257. The molecule has 0 saturated carbocycles. The number of halogens is 3. The average molecular weight is 471 g/mol. The summed E-state index contributed by atoms with van der Waals surface area (Å²) in [6.45, 7) is 3.99. The summed E-state index contributed by atoms with van der Waals surface area (Å²) in [4.78, 5) is 5.98. The standard InChI is InChI=1S/C24H24F3N5O2/c1-14(2)34-19-5-3-4-15-6-8-18(28-21(15)19)23-30-29-20-9-7-16(12-32(20)23)22(24(25,26)27)31-11-10-17(33)13-31/h3-9,12,14,17,22,33H,10-11,13H2,1-2H3/t17-,22+/m1/s1. The van der Waals surface area contributed by atoms with Gasteiger partial charge in [0.05, 0.1) is 12.2 Å². The first-order valence-electron chi connectivity index (χ1n) is 11.1. The molecule has 2 atom stereocenters. The van der Waals surface area contributed by atoms with Crippen molar-refractivity contribution in [3.8, 4) is 17.3 Å². The van der Waals surface area contributed by atoms with Gasteiger partial charge in [-0.1, -0.05) is 24.3 Å². The number of aliphatic hydroxyl groups excluding tert-OH is 1. The van der Waals surface area contributed by atoms with E-state index in [0.29, 0.717) is 34.9 Å². The quantitative estimate of drug-likeness (QED) is 0.465. The van der Waals surface area contributed by atoms with Crippen molar-refractivity contribution in [2.75, 3.05) is 13.1 Å². The topological polar surface area (TPSA) is 75.8 Å². The molecule has 0 unspecified atom stereocenters. The normalized spacial score (nSPS) is 18.3. The molecule has 1 aromatic carbocycles. The molecular weight excluding hydrogens is 447 g/mol. The number of alkyl halides is 3. The number of aliphatic hydroxyl groups is 1. The van der Waals surface area contributed by atoms with Gasteiger partial charge < -0.3 is 9.84 Å². The van der Waals surface area contributed by atoms with E-state index in [1.165, 1.54) is 27.6 Å². The van der Waals surface area contributed by atoms with Crippen molar-refractivity contribution in [2.45, 2.75) is 44.7 Å². The Hall–Kier alpha value is -3.24. The Morgan fingerprint density at radius 3 is 2.62 bits per heavy atom. The number of benzene rings is 1. The molecule has 178 valence electrons. The molecule has 4 aromatic rings. The summed E-state index contributed by atoms with van der Waals surface area (Å²) in [5, 5.41) is 19.0. The van der Waals surface area contributed by atoms with Gasteiger partial charge in [-0.3, -0.25) is 9.30 Å². The first kappa shape index (κ1) is 22.5. The average Bonchev–Trinajstić information content (AvgIpc) is 3.38. The van der Waals surface area contributed by atoms with Crippen molar-refractivity contribution in [1.29, 1.82) is 0 Å². The second-order valence-corrected chi connectivity index (χ2v) is 8.79. The number of β-amino-alcohol motifs (C(OH)–C–C–N with tert-alkyl or cyclic N) is 1. The zero-order chi connectivity index (χ0) is 24.0. The molecule has 10 heteroatoms. The van der Waals surface area contributed by atoms with Gasteiger partial charge in [-0.05, 0) is 44.0 Å². The highest BCUT2D eigenvalue weighted by Crippen LogP contribution is 2.39. The van der Waals surface area contributed by atoms with Crippen LogP contribution in [0.25, 0.3) is 28.1 Å². The number of hydrogen-bond donors (Lipinski definition) is 1. The van der Waals surface area contributed by atoms with E-state index in [9.17, 15) is 18.3 Å². The summed E-state index contributed by atoms with van der Waals surface area (Å²) in [6.07, 6.45) is -3.58. The molecule has 34 heavy (non-hydrogen) atoms. The highest BCUT2D eigenvalue weighted by Gasteiger charge is 2.46. The lowest BCUT2D eigenvalue weighted by atomic mass is 10.1. The van der Waals surface area contributed by atoms with E-state index >= 15 is 0 Å². The van der Waals surface area contributed by atoms with E-state index in [0.717, 1.165) is 5.39 Å². The third-order valence-corrected chi connectivity index (χ3v) is 5.89. The highest BCUT2D eigenvalue weighted by atomic mass is 19.4. The predicted octanol–water partition coefficient (Wildman–Crippen LogP) is 4.40. The van der Waals surface area contributed by atoms with E-state index in [1.54, 1.807) is 6.07 Å². The van der Waals surface area contributed by atoms with Crippen LogP contribution >= 0.6 is 0 Å². The third-order valence-electron chi connectivity index (χ3n) is 5.89. The van der Waals surface area contributed by atoms with Crippen molar-refractivity contribution in [3.63, 3.8) is 0 Å². The van der Waals surface area contributed by atoms with E-state index in [-0.39, 0.29) is 24.8 Å². The van der Waals surface area contributed by atoms with Crippen molar-refractivity contribution in [1.82, 2.24) is 24.5 Å². The minimum atomic E-state index is -4.50. The lowest BCUT2D eigenvalue weighted by Crippen LogP contribution is -2.37. The van der Waals surface area contributed by atoms with Crippen molar-refractivity contribution >= 4 is 16.6 Å². The van der Waals surface area contributed by atoms with Gasteiger partial charge in [0, 0.05) is 24.7 Å². The number of pyridine rings is 2. The van der Waals surface area contributed by atoms with Crippen LogP contribution in [0.4, 0.5) is 13.2 Å². The molecule has 7 nitrogen and oxygen atoms in total. The third kappa shape index (κ3) is 4.19.